The summed E-state index contributed by atoms with van der Waals surface area (Å²) in [7, 11) is 1.72. The molecule has 2 saturated heterocycles. The van der Waals surface area contributed by atoms with Crippen molar-refractivity contribution < 1.29 is 14.3 Å². The number of ether oxygens (including phenoxy) is 2. The normalized spacial score (nSPS) is 23.6. The fourth-order valence-corrected chi connectivity index (χ4v) is 3.66. The molecule has 6 heteroatoms. The van der Waals surface area contributed by atoms with Crippen LogP contribution >= 0.6 is 12.4 Å². The summed E-state index contributed by atoms with van der Waals surface area (Å²) in [5, 5.41) is 3.45. The summed E-state index contributed by atoms with van der Waals surface area (Å²) in [6, 6.07) is 0. The number of nitrogens with zero attached hydrogens (tertiary/aromatic N) is 1. The van der Waals surface area contributed by atoms with E-state index in [2.05, 4.69) is 12.2 Å². The SMILES string of the molecule is COCCCOC1CCN(C(=O)CC(C)C2CCCNC2)CC1.Cl. The summed E-state index contributed by atoms with van der Waals surface area (Å²) in [6.07, 6.45) is 6.41. The van der Waals surface area contributed by atoms with E-state index in [1.54, 1.807) is 7.11 Å². The van der Waals surface area contributed by atoms with E-state index in [1.807, 2.05) is 4.90 Å². The summed E-state index contributed by atoms with van der Waals surface area (Å²) in [5.74, 6) is 1.48. The molecule has 0 bridgehead atoms. The molecule has 2 aliphatic rings. The maximum absolute atomic E-state index is 12.5. The minimum Gasteiger partial charge on any atom is -0.385 e. The Morgan fingerprint density at radius 1 is 1.25 bits per heavy atom. The summed E-state index contributed by atoms with van der Waals surface area (Å²) in [4.78, 5) is 14.5. The molecular weight excluding hydrogens is 328 g/mol. The van der Waals surface area contributed by atoms with Gasteiger partial charge in [0.1, 0.15) is 0 Å². The largest absolute Gasteiger partial charge is 0.385 e. The molecule has 2 heterocycles. The molecule has 0 spiro atoms. The summed E-state index contributed by atoms with van der Waals surface area (Å²) < 4.78 is 10.9. The third-order valence-electron chi connectivity index (χ3n) is 5.28. The highest BCUT2D eigenvalue weighted by molar-refractivity contribution is 5.85. The van der Waals surface area contributed by atoms with Gasteiger partial charge in [0, 0.05) is 39.8 Å². The Balaban J connectivity index is 0.00000288. The molecule has 142 valence electrons. The van der Waals surface area contributed by atoms with Crippen molar-refractivity contribution in [3.8, 4) is 0 Å². The number of hydrogen-bond donors (Lipinski definition) is 1. The Bertz CT molecular complexity index is 343. The van der Waals surface area contributed by atoms with E-state index in [0.717, 1.165) is 58.7 Å². The van der Waals surface area contributed by atoms with Gasteiger partial charge in [0.15, 0.2) is 0 Å². The molecule has 5 nitrogen and oxygen atoms in total. The van der Waals surface area contributed by atoms with E-state index in [4.69, 9.17) is 9.47 Å². The fraction of sp³-hybridized carbons (Fsp3) is 0.944. The van der Waals surface area contributed by atoms with Crippen molar-refractivity contribution in [3.63, 3.8) is 0 Å². The maximum Gasteiger partial charge on any atom is 0.222 e. The molecule has 24 heavy (non-hydrogen) atoms. The average Bonchev–Trinajstić information content (AvgIpc) is 2.60. The van der Waals surface area contributed by atoms with Gasteiger partial charge in [-0.3, -0.25) is 4.79 Å². The van der Waals surface area contributed by atoms with Gasteiger partial charge in [0.05, 0.1) is 6.10 Å². The van der Waals surface area contributed by atoms with Crippen LogP contribution in [0.4, 0.5) is 0 Å². The zero-order valence-electron chi connectivity index (χ0n) is 15.3. The van der Waals surface area contributed by atoms with Crippen molar-refractivity contribution in [1.82, 2.24) is 10.2 Å². The van der Waals surface area contributed by atoms with Crippen LogP contribution in [0.2, 0.25) is 0 Å². The molecule has 1 N–H and O–H groups in total. The first kappa shape index (κ1) is 21.7. The summed E-state index contributed by atoms with van der Waals surface area (Å²) >= 11 is 0. The van der Waals surface area contributed by atoms with Crippen molar-refractivity contribution in [2.45, 2.75) is 51.6 Å². The predicted molar refractivity (Wildman–Crippen MR) is 98.7 cm³/mol. The van der Waals surface area contributed by atoms with Gasteiger partial charge in [0.2, 0.25) is 5.91 Å². The van der Waals surface area contributed by atoms with E-state index < -0.39 is 0 Å². The monoisotopic (exact) mass is 362 g/mol. The zero-order chi connectivity index (χ0) is 16.5. The lowest BCUT2D eigenvalue weighted by Crippen LogP contribution is -2.42. The molecule has 0 aromatic carbocycles. The Morgan fingerprint density at radius 2 is 2.00 bits per heavy atom. The first-order chi connectivity index (χ1) is 11.2. The van der Waals surface area contributed by atoms with Crippen LogP contribution < -0.4 is 5.32 Å². The molecule has 2 rings (SSSR count). The number of methoxy groups -OCH3 is 1. The lowest BCUT2D eigenvalue weighted by Gasteiger charge is -2.34. The number of hydrogen-bond acceptors (Lipinski definition) is 4. The van der Waals surface area contributed by atoms with Gasteiger partial charge in [-0.05, 0) is 57.0 Å². The van der Waals surface area contributed by atoms with Crippen LogP contribution in [0.15, 0.2) is 0 Å². The van der Waals surface area contributed by atoms with E-state index in [1.165, 1.54) is 12.8 Å². The Labute approximate surface area is 153 Å². The van der Waals surface area contributed by atoms with Crippen molar-refractivity contribution in [1.29, 1.82) is 0 Å². The predicted octanol–water partition coefficient (Wildman–Crippen LogP) is 2.48. The standard InChI is InChI=1S/C18H34N2O3.ClH/c1-15(16-5-3-8-19-14-16)13-18(21)20-9-6-17(7-10-20)23-12-4-11-22-2;/h15-17,19H,3-14H2,1-2H3;1H. The number of carbonyl (C=O) groups is 1. The molecule has 0 aromatic rings. The van der Waals surface area contributed by atoms with Gasteiger partial charge in [-0.2, -0.15) is 0 Å². The number of carbonyl (C=O) groups excluding carboxylic acids is 1. The summed E-state index contributed by atoms with van der Waals surface area (Å²) in [5.41, 5.74) is 0. The topological polar surface area (TPSA) is 50.8 Å². The Hall–Kier alpha value is -0.360. The lowest BCUT2D eigenvalue weighted by molar-refractivity contribution is -0.135. The number of amides is 1. The number of rotatable bonds is 8. The molecular formula is C18H35ClN2O3. The molecule has 0 aliphatic carbocycles. The second-order valence-corrected chi connectivity index (χ2v) is 7.09. The van der Waals surface area contributed by atoms with E-state index in [0.29, 0.717) is 30.3 Å². The molecule has 2 atom stereocenters. The van der Waals surface area contributed by atoms with Crippen LogP contribution in [0.3, 0.4) is 0 Å². The molecule has 1 amide bonds. The fourth-order valence-electron chi connectivity index (χ4n) is 3.66. The van der Waals surface area contributed by atoms with Gasteiger partial charge < -0.3 is 19.7 Å². The first-order valence-corrected chi connectivity index (χ1v) is 9.29. The van der Waals surface area contributed by atoms with E-state index in [9.17, 15) is 4.79 Å². The third kappa shape index (κ3) is 7.26. The Kier molecular flexibility index (Phi) is 10.9. The zero-order valence-corrected chi connectivity index (χ0v) is 16.1. The van der Waals surface area contributed by atoms with Crippen molar-refractivity contribution in [3.05, 3.63) is 0 Å². The quantitative estimate of drug-likeness (QED) is 0.674. The molecule has 0 saturated carbocycles. The van der Waals surface area contributed by atoms with Crippen LogP contribution in [-0.4, -0.2) is 63.4 Å². The van der Waals surface area contributed by atoms with Crippen molar-refractivity contribution in [2.75, 3.05) is 46.5 Å². The van der Waals surface area contributed by atoms with Crippen molar-refractivity contribution >= 4 is 18.3 Å². The minimum absolute atomic E-state index is 0. The number of piperidine rings is 2. The number of likely N-dealkylation sites (tertiary alicyclic amines) is 1. The maximum atomic E-state index is 12.5. The van der Waals surface area contributed by atoms with Gasteiger partial charge in [-0.15, -0.1) is 12.4 Å². The second kappa shape index (κ2) is 12.1. The van der Waals surface area contributed by atoms with Crippen LogP contribution in [0.25, 0.3) is 0 Å². The molecule has 2 fully saturated rings. The number of halogens is 1. The highest BCUT2D eigenvalue weighted by Crippen LogP contribution is 2.24. The molecule has 0 aromatic heterocycles. The van der Waals surface area contributed by atoms with Crippen LogP contribution in [0.5, 0.6) is 0 Å². The van der Waals surface area contributed by atoms with Gasteiger partial charge in [-0.1, -0.05) is 6.92 Å². The van der Waals surface area contributed by atoms with Crippen LogP contribution in [0.1, 0.15) is 45.4 Å². The van der Waals surface area contributed by atoms with E-state index >= 15 is 0 Å². The van der Waals surface area contributed by atoms with Gasteiger partial charge in [0.25, 0.3) is 0 Å². The Morgan fingerprint density at radius 3 is 2.62 bits per heavy atom. The van der Waals surface area contributed by atoms with Crippen molar-refractivity contribution in [2.24, 2.45) is 11.8 Å². The smallest absolute Gasteiger partial charge is 0.222 e. The minimum atomic E-state index is 0. The molecule has 0 radical (unpaired) electrons. The first-order valence-electron chi connectivity index (χ1n) is 9.29. The highest BCUT2D eigenvalue weighted by atomic mass is 35.5. The van der Waals surface area contributed by atoms with Crippen LogP contribution in [0, 0.1) is 11.8 Å². The van der Waals surface area contributed by atoms with E-state index in [-0.39, 0.29) is 12.4 Å². The molecule has 2 unspecified atom stereocenters. The highest BCUT2D eigenvalue weighted by Gasteiger charge is 2.27. The lowest BCUT2D eigenvalue weighted by atomic mass is 9.85. The molecule has 2 aliphatic heterocycles. The number of nitrogens with one attached hydrogen (secondary N) is 1. The average molecular weight is 363 g/mol. The van der Waals surface area contributed by atoms with Crippen LogP contribution in [-0.2, 0) is 14.3 Å². The second-order valence-electron chi connectivity index (χ2n) is 7.09. The third-order valence-corrected chi connectivity index (χ3v) is 5.28. The van der Waals surface area contributed by atoms with Gasteiger partial charge >= 0.3 is 0 Å². The summed E-state index contributed by atoms with van der Waals surface area (Å²) in [6.45, 7) is 7.67. The van der Waals surface area contributed by atoms with Gasteiger partial charge in [-0.25, -0.2) is 0 Å².